The van der Waals surface area contributed by atoms with E-state index < -0.39 is 52.7 Å². The van der Waals surface area contributed by atoms with Crippen molar-refractivity contribution >= 4 is 17.9 Å². The standard InChI is InChI=1S/C30H45NO10/c1-15(32)39-26-21-18-11-28(26,40-16(2)33)20(37-7)12-29(21,41-17(3)34)22-23(38-8)24-27(14-35-5)10-9-19(36-6)30(18,24)25(22)31(4)13-27/h18-26H,9-14H2,1-8H3/t18-,19+,20+,21-,22+,23+,24-,25?,26-,27+,28+,29-,30+/m1/s1. The van der Waals surface area contributed by atoms with Crippen LogP contribution >= 0.6 is 0 Å². The molecule has 11 heteroatoms. The van der Waals surface area contributed by atoms with Gasteiger partial charge in [-0.25, -0.2) is 0 Å². The third-order valence-electron chi connectivity index (χ3n) is 12.1. The molecule has 1 aliphatic heterocycles. The summed E-state index contributed by atoms with van der Waals surface area (Å²) in [5.41, 5.74) is -3.04. The molecule has 0 aromatic carbocycles. The van der Waals surface area contributed by atoms with E-state index in [0.717, 1.165) is 19.4 Å². The maximum Gasteiger partial charge on any atom is 0.303 e. The van der Waals surface area contributed by atoms with Gasteiger partial charge in [0.25, 0.3) is 0 Å². The molecular weight excluding hydrogens is 534 g/mol. The quantitative estimate of drug-likeness (QED) is 0.308. The minimum absolute atomic E-state index is 0.0139. The molecule has 230 valence electrons. The number of rotatable bonds is 8. The number of hydrogen-bond donors (Lipinski definition) is 0. The van der Waals surface area contributed by atoms with E-state index in [2.05, 4.69) is 11.9 Å². The fraction of sp³-hybridized carbons (Fsp3) is 0.900. The lowest BCUT2D eigenvalue weighted by Crippen LogP contribution is -2.77. The molecule has 0 aromatic heterocycles. The molecule has 6 aliphatic rings. The summed E-state index contributed by atoms with van der Waals surface area (Å²) in [4.78, 5) is 41.0. The van der Waals surface area contributed by atoms with E-state index in [1.165, 1.54) is 20.8 Å². The van der Waals surface area contributed by atoms with Crippen molar-refractivity contribution < 1.29 is 47.5 Å². The Balaban J connectivity index is 1.69. The second-order valence-electron chi connectivity index (χ2n) is 13.5. The summed E-state index contributed by atoms with van der Waals surface area (Å²) in [6.45, 7) is 5.53. The number of nitrogens with zero attached hydrogens (tertiary/aromatic N) is 1. The van der Waals surface area contributed by atoms with Crippen LogP contribution in [0.5, 0.6) is 0 Å². The fourth-order valence-corrected chi connectivity index (χ4v) is 12.0. The van der Waals surface area contributed by atoms with Crippen LogP contribution < -0.4 is 0 Å². The zero-order valence-electron chi connectivity index (χ0n) is 25.5. The molecule has 7 bridgehead atoms. The molecule has 0 radical (unpaired) electrons. The highest BCUT2D eigenvalue weighted by Gasteiger charge is 2.90. The van der Waals surface area contributed by atoms with Crippen molar-refractivity contribution in [3.8, 4) is 0 Å². The molecule has 1 unspecified atom stereocenters. The van der Waals surface area contributed by atoms with Crippen LogP contribution in [0.3, 0.4) is 0 Å². The van der Waals surface area contributed by atoms with E-state index in [0.29, 0.717) is 19.4 Å². The molecule has 0 amide bonds. The topological polar surface area (TPSA) is 119 Å². The number of ether oxygens (including phenoxy) is 7. The third-order valence-corrected chi connectivity index (χ3v) is 12.1. The highest BCUT2D eigenvalue weighted by molar-refractivity contribution is 5.69. The highest BCUT2D eigenvalue weighted by atomic mass is 16.6. The van der Waals surface area contributed by atoms with Gasteiger partial charge in [-0.2, -0.15) is 0 Å². The minimum Gasteiger partial charge on any atom is -0.458 e. The van der Waals surface area contributed by atoms with Crippen LogP contribution in [-0.4, -0.2) is 113 Å². The van der Waals surface area contributed by atoms with Crippen molar-refractivity contribution in [1.29, 1.82) is 0 Å². The number of carbonyl (C=O) groups is 3. The van der Waals surface area contributed by atoms with Gasteiger partial charge in [0.15, 0.2) is 11.7 Å². The average molecular weight is 580 g/mol. The van der Waals surface area contributed by atoms with Crippen LogP contribution in [0.25, 0.3) is 0 Å². The number of hydrogen-bond acceptors (Lipinski definition) is 11. The van der Waals surface area contributed by atoms with E-state index in [-0.39, 0.29) is 41.4 Å². The Kier molecular flexibility index (Phi) is 6.86. The summed E-state index contributed by atoms with van der Waals surface area (Å²) >= 11 is 0. The molecular formula is C30H45NO10. The zero-order valence-corrected chi connectivity index (χ0v) is 25.5. The number of likely N-dealkylation sites (tertiary alicyclic amines) is 1. The van der Waals surface area contributed by atoms with Crippen molar-refractivity contribution in [2.24, 2.45) is 34.5 Å². The predicted octanol–water partition coefficient (Wildman–Crippen LogP) is 1.59. The molecule has 1 spiro atoms. The lowest BCUT2D eigenvalue weighted by Gasteiger charge is -2.69. The Morgan fingerprint density at radius 2 is 1.49 bits per heavy atom. The second-order valence-corrected chi connectivity index (χ2v) is 13.5. The molecule has 13 atom stereocenters. The number of fused-ring (bicyclic) bond motifs is 2. The van der Waals surface area contributed by atoms with Crippen molar-refractivity contribution in [3.05, 3.63) is 0 Å². The van der Waals surface area contributed by atoms with Gasteiger partial charge in [0.2, 0.25) is 0 Å². The molecule has 11 nitrogen and oxygen atoms in total. The third kappa shape index (κ3) is 3.41. The molecule has 0 N–H and O–H groups in total. The van der Waals surface area contributed by atoms with Crippen LogP contribution in [0.15, 0.2) is 0 Å². The fourth-order valence-electron chi connectivity index (χ4n) is 12.0. The molecule has 5 aliphatic carbocycles. The van der Waals surface area contributed by atoms with Crippen molar-refractivity contribution in [2.45, 2.75) is 88.1 Å². The molecule has 6 fully saturated rings. The SMILES string of the molecule is COC[C@@]12CC[C@H](OC)[C@]34C([C@H]([C@H](OC)[C@H]13)[C@@]1(OC(C)=O)C[C@H](OC)[C@@]3(OC(C)=O)C[C@@H]4[C@@H]1[C@H]3OC(C)=O)N(C)C2. The van der Waals surface area contributed by atoms with Crippen LogP contribution in [-0.2, 0) is 47.5 Å². The summed E-state index contributed by atoms with van der Waals surface area (Å²) in [6, 6.07) is -0.0602. The molecule has 5 saturated carbocycles. The van der Waals surface area contributed by atoms with Crippen molar-refractivity contribution in [1.82, 2.24) is 4.90 Å². The summed E-state index contributed by atoms with van der Waals surface area (Å²) in [6.07, 6.45) is 0.454. The molecule has 41 heavy (non-hydrogen) atoms. The van der Waals surface area contributed by atoms with Gasteiger partial charge >= 0.3 is 17.9 Å². The first-order valence-corrected chi connectivity index (χ1v) is 14.8. The van der Waals surface area contributed by atoms with Gasteiger partial charge in [0.05, 0.1) is 18.8 Å². The summed E-state index contributed by atoms with van der Waals surface area (Å²) in [7, 11) is 8.98. The van der Waals surface area contributed by atoms with Gasteiger partial charge in [-0.15, -0.1) is 0 Å². The summed E-state index contributed by atoms with van der Waals surface area (Å²) in [5.74, 6) is -2.28. The van der Waals surface area contributed by atoms with E-state index in [4.69, 9.17) is 33.2 Å². The van der Waals surface area contributed by atoms with Crippen LogP contribution in [0.4, 0.5) is 0 Å². The molecule has 1 heterocycles. The van der Waals surface area contributed by atoms with E-state index in [1.807, 2.05) is 0 Å². The van der Waals surface area contributed by atoms with Crippen LogP contribution in [0.1, 0.15) is 46.5 Å². The van der Waals surface area contributed by atoms with Gasteiger partial charge in [-0.3, -0.25) is 14.4 Å². The lowest BCUT2D eigenvalue weighted by molar-refractivity contribution is -0.289. The average Bonchev–Trinajstić information content (AvgIpc) is 3.28. The first kappa shape index (κ1) is 29.3. The smallest absolute Gasteiger partial charge is 0.303 e. The van der Waals surface area contributed by atoms with E-state index in [9.17, 15) is 14.4 Å². The first-order chi connectivity index (χ1) is 19.4. The first-order valence-electron chi connectivity index (χ1n) is 14.8. The van der Waals surface area contributed by atoms with Crippen molar-refractivity contribution in [2.75, 3.05) is 48.6 Å². The van der Waals surface area contributed by atoms with Gasteiger partial charge in [-0.1, -0.05) is 0 Å². The van der Waals surface area contributed by atoms with Gasteiger partial charge in [0.1, 0.15) is 11.7 Å². The number of piperidine rings is 1. The molecule has 1 saturated heterocycles. The Bertz CT molecular complexity index is 1120. The minimum atomic E-state index is -1.24. The maximum atomic E-state index is 13.1. The number of carbonyl (C=O) groups excluding carboxylic acids is 3. The highest BCUT2D eigenvalue weighted by Crippen LogP contribution is 2.80. The second kappa shape index (κ2) is 9.61. The number of esters is 3. The Morgan fingerprint density at radius 3 is 2.05 bits per heavy atom. The normalized spacial score (nSPS) is 50.8. The Hall–Kier alpha value is -1.79. The Labute approximate surface area is 241 Å². The van der Waals surface area contributed by atoms with Crippen LogP contribution in [0, 0.1) is 34.5 Å². The van der Waals surface area contributed by atoms with Crippen LogP contribution in [0.2, 0.25) is 0 Å². The van der Waals surface area contributed by atoms with E-state index >= 15 is 0 Å². The lowest BCUT2D eigenvalue weighted by atomic mass is 9.43. The van der Waals surface area contributed by atoms with Gasteiger partial charge in [-0.05, 0) is 32.2 Å². The largest absolute Gasteiger partial charge is 0.458 e. The molecule has 0 aromatic rings. The summed E-state index contributed by atoms with van der Waals surface area (Å²) in [5, 5.41) is 0. The summed E-state index contributed by atoms with van der Waals surface area (Å²) < 4.78 is 44.0. The number of methoxy groups -OCH3 is 4. The van der Waals surface area contributed by atoms with Gasteiger partial charge < -0.3 is 38.1 Å². The van der Waals surface area contributed by atoms with E-state index in [1.54, 1.807) is 28.4 Å². The van der Waals surface area contributed by atoms with Gasteiger partial charge in [0, 0.05) is 96.8 Å². The molecule has 6 rings (SSSR count). The predicted molar refractivity (Wildman–Crippen MR) is 143 cm³/mol. The zero-order chi connectivity index (χ0) is 29.7. The maximum absolute atomic E-state index is 13.1. The van der Waals surface area contributed by atoms with Crippen molar-refractivity contribution in [3.63, 3.8) is 0 Å². The monoisotopic (exact) mass is 579 g/mol. The Morgan fingerprint density at radius 1 is 0.829 bits per heavy atom.